The Morgan fingerprint density at radius 3 is 2.23 bits per heavy atom. The predicted molar refractivity (Wildman–Crippen MR) is 127 cm³/mol. The number of benzene rings is 2. The molecule has 0 unspecified atom stereocenters. The fraction of sp³-hybridized carbons (Fsp3) is 0.346. The summed E-state index contributed by atoms with van der Waals surface area (Å²) in [5.74, 6) is 0.487. The number of aromatic nitrogens is 2. The number of piperazine rings is 1. The van der Waals surface area contributed by atoms with E-state index >= 15 is 0 Å². The Morgan fingerprint density at radius 2 is 1.57 bits per heavy atom. The van der Waals surface area contributed by atoms with Crippen LogP contribution in [0.2, 0.25) is 0 Å². The summed E-state index contributed by atoms with van der Waals surface area (Å²) in [6.07, 6.45) is 2.59. The third kappa shape index (κ3) is 4.22. The smallest absolute Gasteiger partial charge is 0.274 e. The number of fused-ring (bicyclic) bond motifs is 1. The molecule has 2 aromatic carbocycles. The van der Waals surface area contributed by atoms with E-state index in [2.05, 4.69) is 5.10 Å². The van der Waals surface area contributed by atoms with Crippen molar-refractivity contribution in [1.82, 2.24) is 19.6 Å². The van der Waals surface area contributed by atoms with E-state index in [4.69, 9.17) is 9.47 Å². The van der Waals surface area contributed by atoms with Crippen LogP contribution in [-0.2, 0) is 12.8 Å². The van der Waals surface area contributed by atoms with Crippen LogP contribution in [0, 0.1) is 5.82 Å². The standard InChI is InChI=1S/C26H27FN4O4/c1-34-19-10-11-21(23(16-19)35-2)25(32)29-12-14-30(15-13-29)26(33)24-20-4-3-5-22(20)31(28-24)18-8-6-17(27)7-9-18/h6-11,16H,3-5,12-15H2,1-2H3. The number of hydrogen-bond donors (Lipinski definition) is 0. The molecule has 5 rings (SSSR count). The molecule has 0 N–H and O–H groups in total. The van der Waals surface area contributed by atoms with Crippen molar-refractivity contribution in [1.29, 1.82) is 0 Å². The first kappa shape index (κ1) is 22.9. The average molecular weight is 479 g/mol. The van der Waals surface area contributed by atoms with Crippen LogP contribution in [0.15, 0.2) is 42.5 Å². The third-order valence-corrected chi connectivity index (χ3v) is 6.70. The first-order valence-corrected chi connectivity index (χ1v) is 11.7. The molecular weight excluding hydrogens is 451 g/mol. The van der Waals surface area contributed by atoms with Gasteiger partial charge in [0.1, 0.15) is 17.3 Å². The highest BCUT2D eigenvalue weighted by molar-refractivity contribution is 5.98. The summed E-state index contributed by atoms with van der Waals surface area (Å²) in [5.41, 5.74) is 3.65. The molecular formula is C26H27FN4O4. The van der Waals surface area contributed by atoms with Crippen LogP contribution in [0.4, 0.5) is 4.39 Å². The molecule has 0 atom stereocenters. The summed E-state index contributed by atoms with van der Waals surface area (Å²) in [6, 6.07) is 11.3. The minimum Gasteiger partial charge on any atom is -0.497 e. The molecule has 2 heterocycles. The molecule has 1 aliphatic carbocycles. The Morgan fingerprint density at radius 1 is 0.886 bits per heavy atom. The zero-order chi connectivity index (χ0) is 24.5. The van der Waals surface area contributed by atoms with E-state index in [1.807, 2.05) is 0 Å². The van der Waals surface area contributed by atoms with Gasteiger partial charge in [0.15, 0.2) is 5.69 Å². The normalized spacial score (nSPS) is 15.2. The summed E-state index contributed by atoms with van der Waals surface area (Å²) in [7, 11) is 3.08. The molecule has 2 aliphatic rings. The number of nitrogens with zero attached hydrogens (tertiary/aromatic N) is 4. The van der Waals surface area contributed by atoms with Gasteiger partial charge in [-0.3, -0.25) is 9.59 Å². The van der Waals surface area contributed by atoms with Gasteiger partial charge in [-0.15, -0.1) is 0 Å². The maximum atomic E-state index is 13.4. The van der Waals surface area contributed by atoms with Gasteiger partial charge in [0.2, 0.25) is 0 Å². The van der Waals surface area contributed by atoms with Crippen LogP contribution >= 0.6 is 0 Å². The number of carbonyl (C=O) groups is 2. The second-order valence-corrected chi connectivity index (χ2v) is 8.67. The topological polar surface area (TPSA) is 76.9 Å². The van der Waals surface area contributed by atoms with Gasteiger partial charge < -0.3 is 19.3 Å². The molecule has 1 aromatic heterocycles. The Hall–Kier alpha value is -3.88. The second kappa shape index (κ2) is 9.40. The fourth-order valence-electron chi connectivity index (χ4n) is 4.81. The molecule has 0 saturated carbocycles. The maximum absolute atomic E-state index is 13.4. The van der Waals surface area contributed by atoms with Gasteiger partial charge in [0.05, 0.1) is 25.5 Å². The molecule has 0 radical (unpaired) electrons. The van der Waals surface area contributed by atoms with Crippen molar-refractivity contribution in [2.45, 2.75) is 19.3 Å². The van der Waals surface area contributed by atoms with Crippen LogP contribution in [0.1, 0.15) is 38.5 Å². The van der Waals surface area contributed by atoms with E-state index in [1.165, 1.54) is 19.2 Å². The van der Waals surface area contributed by atoms with Gasteiger partial charge in [0.25, 0.3) is 11.8 Å². The van der Waals surface area contributed by atoms with Crippen molar-refractivity contribution >= 4 is 11.8 Å². The lowest BCUT2D eigenvalue weighted by Gasteiger charge is -2.34. The Kier molecular flexibility index (Phi) is 6.15. The number of halogens is 1. The molecule has 3 aromatic rings. The van der Waals surface area contributed by atoms with E-state index in [-0.39, 0.29) is 17.6 Å². The van der Waals surface area contributed by atoms with E-state index in [9.17, 15) is 14.0 Å². The lowest BCUT2D eigenvalue weighted by Crippen LogP contribution is -2.50. The van der Waals surface area contributed by atoms with Gasteiger partial charge in [-0.25, -0.2) is 9.07 Å². The number of carbonyl (C=O) groups excluding carboxylic acids is 2. The van der Waals surface area contributed by atoms with Crippen molar-refractivity contribution in [3.63, 3.8) is 0 Å². The van der Waals surface area contributed by atoms with Crippen molar-refractivity contribution in [3.8, 4) is 17.2 Å². The van der Waals surface area contributed by atoms with Crippen LogP contribution in [-0.4, -0.2) is 71.8 Å². The average Bonchev–Trinajstić information content (AvgIpc) is 3.51. The molecule has 2 amide bonds. The molecule has 1 aliphatic heterocycles. The highest BCUT2D eigenvalue weighted by atomic mass is 19.1. The molecule has 0 bridgehead atoms. The quantitative estimate of drug-likeness (QED) is 0.563. The number of methoxy groups -OCH3 is 2. The van der Waals surface area contributed by atoms with Gasteiger partial charge in [-0.1, -0.05) is 0 Å². The van der Waals surface area contributed by atoms with Crippen molar-refractivity contribution in [2.24, 2.45) is 0 Å². The van der Waals surface area contributed by atoms with Gasteiger partial charge in [-0.2, -0.15) is 5.10 Å². The van der Waals surface area contributed by atoms with Crippen LogP contribution in [0.3, 0.4) is 0 Å². The number of rotatable bonds is 5. The fourth-order valence-corrected chi connectivity index (χ4v) is 4.81. The first-order valence-electron chi connectivity index (χ1n) is 11.7. The zero-order valence-electron chi connectivity index (χ0n) is 19.8. The van der Waals surface area contributed by atoms with Crippen molar-refractivity contribution in [2.75, 3.05) is 40.4 Å². The number of hydrogen-bond acceptors (Lipinski definition) is 5. The zero-order valence-corrected chi connectivity index (χ0v) is 19.8. The van der Waals surface area contributed by atoms with Gasteiger partial charge in [-0.05, 0) is 55.7 Å². The molecule has 35 heavy (non-hydrogen) atoms. The molecule has 9 heteroatoms. The summed E-state index contributed by atoms with van der Waals surface area (Å²) >= 11 is 0. The van der Waals surface area contributed by atoms with E-state index in [0.717, 1.165) is 36.2 Å². The summed E-state index contributed by atoms with van der Waals surface area (Å²) in [5, 5.41) is 4.64. The SMILES string of the molecule is COc1ccc(C(=O)N2CCN(C(=O)c3nn(-c4ccc(F)cc4)c4c3CCC4)CC2)c(OC)c1. The molecule has 8 nitrogen and oxygen atoms in total. The summed E-state index contributed by atoms with van der Waals surface area (Å²) in [6.45, 7) is 1.67. The number of ether oxygens (including phenoxy) is 2. The number of amides is 2. The van der Waals surface area contributed by atoms with E-state index < -0.39 is 0 Å². The minimum absolute atomic E-state index is 0.127. The van der Waals surface area contributed by atoms with Crippen molar-refractivity contribution < 1.29 is 23.5 Å². The van der Waals surface area contributed by atoms with E-state index in [1.54, 1.807) is 51.9 Å². The second-order valence-electron chi connectivity index (χ2n) is 8.67. The molecule has 0 spiro atoms. The third-order valence-electron chi connectivity index (χ3n) is 6.70. The lowest BCUT2D eigenvalue weighted by atomic mass is 10.1. The van der Waals surface area contributed by atoms with Crippen molar-refractivity contribution in [3.05, 3.63) is 70.8 Å². The predicted octanol–water partition coefficient (Wildman–Crippen LogP) is 3.12. The highest BCUT2D eigenvalue weighted by Gasteiger charge is 2.32. The highest BCUT2D eigenvalue weighted by Crippen LogP contribution is 2.30. The molecule has 182 valence electrons. The monoisotopic (exact) mass is 478 g/mol. The lowest BCUT2D eigenvalue weighted by molar-refractivity contribution is 0.0529. The summed E-state index contributed by atoms with van der Waals surface area (Å²) < 4.78 is 25.8. The maximum Gasteiger partial charge on any atom is 0.274 e. The Bertz CT molecular complexity index is 1260. The van der Waals surface area contributed by atoms with Gasteiger partial charge in [0, 0.05) is 43.5 Å². The Balaban J connectivity index is 1.31. The van der Waals surface area contributed by atoms with Crippen LogP contribution < -0.4 is 9.47 Å². The molecule has 1 fully saturated rings. The Labute approximate surface area is 202 Å². The van der Waals surface area contributed by atoms with Crippen LogP contribution in [0.5, 0.6) is 11.5 Å². The first-order chi connectivity index (χ1) is 17.0. The largest absolute Gasteiger partial charge is 0.497 e. The summed E-state index contributed by atoms with van der Waals surface area (Å²) in [4.78, 5) is 30.0. The molecule has 1 saturated heterocycles. The van der Waals surface area contributed by atoms with Gasteiger partial charge >= 0.3 is 0 Å². The van der Waals surface area contributed by atoms with Crippen LogP contribution in [0.25, 0.3) is 5.69 Å². The van der Waals surface area contributed by atoms with E-state index in [0.29, 0.717) is 48.9 Å². The minimum atomic E-state index is -0.312.